The van der Waals surface area contributed by atoms with Crippen molar-refractivity contribution in [3.63, 3.8) is 0 Å². The lowest BCUT2D eigenvalue weighted by atomic mass is 10.3. The number of anilines is 1. The van der Waals surface area contributed by atoms with E-state index in [1.807, 2.05) is 0 Å². The Hall–Kier alpha value is -1.63. The Morgan fingerprint density at radius 3 is 2.71 bits per heavy atom. The molecule has 7 heteroatoms. The maximum atomic E-state index is 10.9. The summed E-state index contributed by atoms with van der Waals surface area (Å²) in [5.41, 5.74) is 0. The first kappa shape index (κ1) is 13.4. The molecule has 0 amide bonds. The molecule has 1 unspecified atom stereocenters. The molecule has 0 spiro atoms. The molecule has 1 aromatic rings. The summed E-state index contributed by atoms with van der Waals surface area (Å²) in [5, 5.41) is 20.1. The van der Waals surface area contributed by atoms with Gasteiger partial charge in [-0.25, -0.2) is 0 Å². The fourth-order valence-electron chi connectivity index (χ4n) is 1.62. The van der Waals surface area contributed by atoms with E-state index in [0.29, 0.717) is 24.6 Å². The monoisotopic (exact) mass is 242 g/mol. The summed E-state index contributed by atoms with van der Waals surface area (Å²) in [6.45, 7) is 3.95. The Bertz CT molecular complexity index is 414. The average Bonchev–Trinajstić information content (AvgIpc) is 2.52. The van der Waals surface area contributed by atoms with Gasteiger partial charge in [-0.3, -0.25) is 4.57 Å². The van der Waals surface area contributed by atoms with E-state index >= 15 is 0 Å². The lowest BCUT2D eigenvalue weighted by molar-refractivity contribution is -0.388. The third-order valence-electron chi connectivity index (χ3n) is 2.69. The van der Waals surface area contributed by atoms with Crippen LogP contribution in [0, 0.1) is 17.0 Å². The molecule has 0 fully saturated rings. The number of aromatic nitrogens is 2. The quantitative estimate of drug-likeness (QED) is 0.611. The smallest absolute Gasteiger partial charge is 0.393 e. The van der Waals surface area contributed by atoms with Crippen molar-refractivity contribution < 1.29 is 10.0 Å². The predicted octanol–water partition coefficient (Wildman–Crippen LogP) is 0.844. The highest BCUT2D eigenvalue weighted by Crippen LogP contribution is 2.27. The molecular weight excluding hydrogens is 224 g/mol. The van der Waals surface area contributed by atoms with Gasteiger partial charge in [-0.15, -0.1) is 0 Å². The van der Waals surface area contributed by atoms with E-state index in [1.165, 1.54) is 0 Å². The third-order valence-corrected chi connectivity index (χ3v) is 2.69. The van der Waals surface area contributed by atoms with Gasteiger partial charge in [0.1, 0.15) is 0 Å². The number of aliphatic hydroxyl groups excluding tert-OH is 1. The molecule has 1 rings (SSSR count). The van der Waals surface area contributed by atoms with Crippen LogP contribution in [0.5, 0.6) is 0 Å². The Labute approximate surface area is 99.8 Å². The zero-order valence-electron chi connectivity index (χ0n) is 10.5. The van der Waals surface area contributed by atoms with Crippen LogP contribution >= 0.6 is 0 Å². The Balaban J connectivity index is 2.98. The number of aryl methyl sites for hydroxylation is 1. The number of hydrogen-bond donors (Lipinski definition) is 1. The maximum absolute atomic E-state index is 10.9. The van der Waals surface area contributed by atoms with E-state index in [-0.39, 0.29) is 5.82 Å². The first-order valence-corrected chi connectivity index (χ1v) is 5.41. The highest BCUT2D eigenvalue weighted by Gasteiger charge is 2.26. The van der Waals surface area contributed by atoms with Gasteiger partial charge < -0.3 is 20.1 Å². The van der Waals surface area contributed by atoms with Gasteiger partial charge in [0.05, 0.1) is 6.10 Å². The van der Waals surface area contributed by atoms with Gasteiger partial charge in [0.15, 0.2) is 0 Å². The molecule has 0 aliphatic rings. The van der Waals surface area contributed by atoms with Crippen molar-refractivity contribution in [2.45, 2.75) is 26.4 Å². The Kier molecular flexibility index (Phi) is 4.06. The van der Waals surface area contributed by atoms with Crippen molar-refractivity contribution in [1.29, 1.82) is 0 Å². The molecular formula is C10H18N4O3. The van der Waals surface area contributed by atoms with Crippen molar-refractivity contribution in [3.8, 4) is 0 Å². The van der Waals surface area contributed by atoms with Crippen molar-refractivity contribution in [2.75, 3.05) is 18.5 Å². The summed E-state index contributed by atoms with van der Waals surface area (Å²) in [5.74, 6) is 0.918. The molecule has 0 aliphatic carbocycles. The number of nitro groups is 1. The first-order valence-electron chi connectivity index (χ1n) is 5.41. The molecule has 1 aromatic heterocycles. The normalized spacial score (nSPS) is 12.5. The van der Waals surface area contributed by atoms with Crippen LogP contribution < -0.4 is 4.90 Å². The summed E-state index contributed by atoms with van der Waals surface area (Å²) in [6, 6.07) is 0. The molecule has 1 heterocycles. The predicted molar refractivity (Wildman–Crippen MR) is 64.2 cm³/mol. The number of aliphatic hydroxyl groups is 1. The van der Waals surface area contributed by atoms with E-state index in [1.54, 1.807) is 37.4 Å². The summed E-state index contributed by atoms with van der Waals surface area (Å²) in [6.07, 6.45) is 0.128. The molecule has 0 saturated heterocycles. The van der Waals surface area contributed by atoms with Crippen LogP contribution in [0.4, 0.5) is 11.6 Å². The molecule has 1 N–H and O–H groups in total. The summed E-state index contributed by atoms with van der Waals surface area (Å²) in [4.78, 5) is 16.1. The molecule has 0 bridgehead atoms. The fourth-order valence-corrected chi connectivity index (χ4v) is 1.62. The van der Waals surface area contributed by atoms with Gasteiger partial charge in [0, 0.05) is 27.6 Å². The van der Waals surface area contributed by atoms with E-state index in [2.05, 4.69) is 4.98 Å². The second-order valence-electron chi connectivity index (χ2n) is 4.18. The Morgan fingerprint density at radius 2 is 2.24 bits per heavy atom. The van der Waals surface area contributed by atoms with Gasteiger partial charge >= 0.3 is 5.82 Å². The molecule has 7 nitrogen and oxygen atoms in total. The number of hydrogen-bond acceptors (Lipinski definition) is 5. The standard InChI is InChI=1S/C10H18N4O3/c1-7(15)5-6-12(3)10-9(14(16)17)11-8(2)13(10)4/h7,15H,5-6H2,1-4H3. The van der Waals surface area contributed by atoms with Crippen molar-refractivity contribution in [1.82, 2.24) is 9.55 Å². The van der Waals surface area contributed by atoms with Gasteiger partial charge in [-0.2, -0.15) is 0 Å². The third kappa shape index (κ3) is 2.94. The highest BCUT2D eigenvalue weighted by molar-refractivity contribution is 5.55. The minimum absolute atomic E-state index is 0.141. The number of imidazole rings is 1. The molecule has 0 aromatic carbocycles. The topological polar surface area (TPSA) is 84.4 Å². The van der Waals surface area contributed by atoms with Crippen molar-refractivity contribution in [3.05, 3.63) is 15.9 Å². The minimum atomic E-state index is -0.485. The van der Waals surface area contributed by atoms with E-state index in [4.69, 9.17) is 0 Å². The van der Waals surface area contributed by atoms with Gasteiger partial charge in [0.25, 0.3) is 0 Å². The van der Waals surface area contributed by atoms with Crippen LogP contribution in [0.15, 0.2) is 0 Å². The second-order valence-corrected chi connectivity index (χ2v) is 4.18. The Morgan fingerprint density at radius 1 is 1.65 bits per heavy atom. The van der Waals surface area contributed by atoms with Crippen LogP contribution in [0.3, 0.4) is 0 Å². The molecule has 0 radical (unpaired) electrons. The van der Waals surface area contributed by atoms with Crippen LogP contribution in [0.2, 0.25) is 0 Å². The van der Waals surface area contributed by atoms with Crippen LogP contribution in [0.1, 0.15) is 19.2 Å². The SMILES string of the molecule is Cc1nc([N+](=O)[O-])c(N(C)CCC(C)O)n1C. The van der Waals surface area contributed by atoms with Crippen LogP contribution in [0.25, 0.3) is 0 Å². The highest BCUT2D eigenvalue weighted by atomic mass is 16.6. The second kappa shape index (κ2) is 5.13. The van der Waals surface area contributed by atoms with Crippen LogP contribution in [-0.4, -0.2) is 39.3 Å². The summed E-state index contributed by atoms with van der Waals surface area (Å²) in [7, 11) is 3.50. The van der Waals surface area contributed by atoms with Crippen molar-refractivity contribution in [2.24, 2.45) is 7.05 Å². The molecule has 1 atom stereocenters. The number of nitrogens with zero attached hydrogens (tertiary/aromatic N) is 4. The zero-order valence-corrected chi connectivity index (χ0v) is 10.5. The van der Waals surface area contributed by atoms with Gasteiger partial charge in [-0.05, 0) is 23.3 Å². The van der Waals surface area contributed by atoms with E-state index in [9.17, 15) is 15.2 Å². The lowest BCUT2D eigenvalue weighted by Gasteiger charge is -2.19. The molecule has 0 aliphatic heterocycles. The summed E-state index contributed by atoms with van der Waals surface area (Å²) >= 11 is 0. The first-order chi connectivity index (χ1) is 7.84. The van der Waals surface area contributed by atoms with Gasteiger partial charge in [-0.1, -0.05) is 0 Å². The van der Waals surface area contributed by atoms with Crippen molar-refractivity contribution >= 4 is 11.6 Å². The summed E-state index contributed by atoms with van der Waals surface area (Å²) < 4.78 is 1.68. The van der Waals surface area contributed by atoms with Gasteiger partial charge in [0.2, 0.25) is 11.6 Å². The van der Waals surface area contributed by atoms with E-state index in [0.717, 1.165) is 0 Å². The molecule has 17 heavy (non-hydrogen) atoms. The number of rotatable bonds is 5. The van der Waals surface area contributed by atoms with Crippen LogP contribution in [-0.2, 0) is 7.05 Å². The van der Waals surface area contributed by atoms with E-state index < -0.39 is 11.0 Å². The lowest BCUT2D eigenvalue weighted by Crippen LogP contribution is -2.24. The average molecular weight is 242 g/mol. The zero-order chi connectivity index (χ0) is 13.2. The minimum Gasteiger partial charge on any atom is -0.393 e. The maximum Gasteiger partial charge on any atom is 0.406 e. The largest absolute Gasteiger partial charge is 0.406 e. The molecule has 0 saturated carbocycles. The molecule has 96 valence electrons. The fraction of sp³-hybridized carbons (Fsp3) is 0.700.